The predicted molar refractivity (Wildman–Crippen MR) is 173 cm³/mol. The van der Waals surface area contributed by atoms with E-state index in [2.05, 4.69) is 22.8 Å². The van der Waals surface area contributed by atoms with Crippen molar-refractivity contribution in [1.82, 2.24) is 10.6 Å². The molecule has 2 unspecified atom stereocenters. The molecule has 3 aliphatic rings. The Morgan fingerprint density at radius 3 is 2.41 bits per heavy atom. The van der Waals surface area contributed by atoms with Gasteiger partial charge in [0.1, 0.15) is 0 Å². The van der Waals surface area contributed by atoms with E-state index in [1.807, 2.05) is 24.3 Å². The number of carbonyl (C=O) groups excluding carboxylic acids is 1. The fourth-order valence-corrected chi connectivity index (χ4v) is 6.46. The van der Waals surface area contributed by atoms with Crippen molar-refractivity contribution in [2.24, 2.45) is 11.8 Å². The normalized spacial score (nSPS) is 27.3. The van der Waals surface area contributed by atoms with Crippen molar-refractivity contribution in [3.63, 3.8) is 0 Å². The van der Waals surface area contributed by atoms with Crippen LogP contribution in [0.3, 0.4) is 0 Å². The lowest BCUT2D eigenvalue weighted by molar-refractivity contribution is -0.204. The summed E-state index contributed by atoms with van der Waals surface area (Å²) in [5, 5.41) is 15.8. The second kappa shape index (κ2) is 19.7. The molecule has 0 spiro atoms. The quantitative estimate of drug-likeness (QED) is 0.123. The average molecular weight is 653 g/mol. The summed E-state index contributed by atoms with van der Waals surface area (Å²) in [5.74, 6) is 0.133. The molecule has 246 valence electrons. The van der Waals surface area contributed by atoms with Crippen molar-refractivity contribution in [2.75, 3.05) is 33.0 Å². The third-order valence-electron chi connectivity index (χ3n) is 8.41. The van der Waals surface area contributed by atoms with Gasteiger partial charge in [0.05, 0.1) is 25.4 Å². The zero-order valence-corrected chi connectivity index (χ0v) is 27.2. The Hall–Kier alpha value is -1.79. The fraction of sp³-hybridized carbons (Fsp3) is 0.697. The summed E-state index contributed by atoms with van der Waals surface area (Å²) in [7, 11) is 0. The Bertz CT molecular complexity index is 1040. The maximum Gasteiger partial charge on any atom is 0.256 e. The number of thiocarbonyl (C=S) groups is 1. The van der Waals surface area contributed by atoms with Crippen molar-refractivity contribution in [2.45, 2.75) is 102 Å². The minimum absolute atomic E-state index is 0.0359. The monoisotopic (exact) mass is 652 g/mol. The molecule has 1 amide bonds. The topological polar surface area (TPSA) is 108 Å². The van der Waals surface area contributed by atoms with Gasteiger partial charge in [-0.05, 0) is 93.6 Å². The van der Waals surface area contributed by atoms with E-state index in [-0.39, 0.29) is 49.1 Å². The van der Waals surface area contributed by atoms with E-state index in [0.29, 0.717) is 36.3 Å². The Kier molecular flexibility index (Phi) is 15.7. The molecule has 1 aromatic rings. The Balaban J connectivity index is 1.39. The number of rotatable bonds is 16. The summed E-state index contributed by atoms with van der Waals surface area (Å²) >= 11 is 11.7. The van der Waals surface area contributed by atoms with Crippen LogP contribution in [0.15, 0.2) is 36.4 Å². The maximum atomic E-state index is 11.9. The molecule has 1 aliphatic carbocycles. The van der Waals surface area contributed by atoms with E-state index in [1.165, 1.54) is 0 Å². The molecule has 3 fully saturated rings. The van der Waals surface area contributed by atoms with E-state index >= 15 is 0 Å². The molecule has 4 rings (SSSR count). The highest BCUT2D eigenvalue weighted by molar-refractivity contribution is 7.80. The minimum atomic E-state index is -0.220. The lowest BCUT2D eigenvalue weighted by Crippen LogP contribution is -2.35. The van der Waals surface area contributed by atoms with Crippen molar-refractivity contribution >= 4 is 34.9 Å². The molecule has 0 bridgehead atoms. The molecule has 11 heteroatoms. The van der Waals surface area contributed by atoms with Gasteiger partial charge in [-0.3, -0.25) is 4.79 Å². The molecular weight excluding hydrogens is 604 g/mol. The molecule has 9 nitrogen and oxygen atoms in total. The van der Waals surface area contributed by atoms with Crippen LogP contribution in [-0.4, -0.2) is 73.9 Å². The third kappa shape index (κ3) is 12.2. The van der Waals surface area contributed by atoms with Gasteiger partial charge in [0.15, 0.2) is 12.6 Å². The number of nitrogens with one attached hydrogen (secondary N) is 2. The summed E-state index contributed by atoms with van der Waals surface area (Å²) in [6, 6.07) is 7.65. The molecule has 1 aromatic carbocycles. The SMILES string of the molecule is O=C(CCC/C=C\C[C@@H]1[C@@H](COC(=S)NCc2cccc(Cl)c2)[C@H](OC2CCCCO2)C[C@@H]1OC1CCCCO1)NCCO. The largest absolute Gasteiger partial charge is 0.471 e. The van der Waals surface area contributed by atoms with Gasteiger partial charge in [-0.15, -0.1) is 0 Å². The van der Waals surface area contributed by atoms with E-state index in [4.69, 9.17) is 52.6 Å². The minimum Gasteiger partial charge on any atom is -0.471 e. The van der Waals surface area contributed by atoms with Crippen LogP contribution in [0.5, 0.6) is 0 Å². The second-order valence-electron chi connectivity index (χ2n) is 11.8. The van der Waals surface area contributed by atoms with Crippen LogP contribution in [0.4, 0.5) is 0 Å². The molecule has 44 heavy (non-hydrogen) atoms. The van der Waals surface area contributed by atoms with Crippen molar-refractivity contribution in [1.29, 1.82) is 0 Å². The highest BCUT2D eigenvalue weighted by Gasteiger charge is 2.46. The molecular formula is C33H49ClN2O7S. The summed E-state index contributed by atoms with van der Waals surface area (Å²) in [6.45, 7) is 2.61. The molecule has 3 N–H and O–H groups in total. The third-order valence-corrected chi connectivity index (χ3v) is 8.91. The first-order chi connectivity index (χ1) is 21.5. The van der Waals surface area contributed by atoms with Crippen LogP contribution in [0.1, 0.15) is 76.2 Å². The first-order valence-corrected chi connectivity index (χ1v) is 17.0. The van der Waals surface area contributed by atoms with Crippen molar-refractivity contribution in [3.8, 4) is 0 Å². The first kappa shape index (κ1) is 35.1. The Labute approximate surface area is 272 Å². The van der Waals surface area contributed by atoms with Gasteiger partial charge >= 0.3 is 0 Å². The van der Waals surface area contributed by atoms with Crippen LogP contribution in [0.25, 0.3) is 0 Å². The number of aliphatic hydroxyl groups is 1. The van der Waals surface area contributed by atoms with Gasteiger partial charge in [-0.2, -0.15) is 0 Å². The number of benzene rings is 1. The number of amides is 1. The number of allylic oxidation sites excluding steroid dienone is 2. The number of hydrogen-bond donors (Lipinski definition) is 3. The summed E-state index contributed by atoms with van der Waals surface area (Å²) < 4.78 is 31.3. The predicted octanol–water partition coefficient (Wildman–Crippen LogP) is 5.42. The molecule has 2 saturated heterocycles. The number of carbonyl (C=O) groups is 1. The van der Waals surface area contributed by atoms with Crippen LogP contribution < -0.4 is 10.6 Å². The lowest BCUT2D eigenvalue weighted by Gasteiger charge is -2.31. The van der Waals surface area contributed by atoms with Crippen LogP contribution >= 0.6 is 23.8 Å². The molecule has 2 heterocycles. The number of halogens is 1. The molecule has 0 radical (unpaired) electrons. The number of hydrogen-bond acceptors (Lipinski definition) is 8. The summed E-state index contributed by atoms with van der Waals surface area (Å²) in [4.78, 5) is 11.9. The van der Waals surface area contributed by atoms with Gasteiger partial charge in [0.2, 0.25) is 5.91 Å². The zero-order chi connectivity index (χ0) is 31.0. The van der Waals surface area contributed by atoms with Crippen molar-refractivity contribution in [3.05, 3.63) is 47.0 Å². The Morgan fingerprint density at radius 1 is 1.02 bits per heavy atom. The van der Waals surface area contributed by atoms with Gasteiger partial charge in [0, 0.05) is 50.1 Å². The average Bonchev–Trinajstić information content (AvgIpc) is 3.35. The standard InChI is InChI=1S/C33H49ClN2O7S/c34-25-11-9-10-24(20-25)22-36-33(44)41-23-27-26(12-3-1-2-4-13-30(38)35-16-17-37)28(42-31-14-5-7-18-39-31)21-29(27)43-32-15-6-8-19-40-32/h1,3,9-11,20,26-29,31-32,37H,2,4-8,12-19,21-23H2,(H,35,38)(H,36,44)/b3-1-/t26-,27-,28+,29-,31?,32?/m1/s1. The number of ether oxygens (including phenoxy) is 5. The number of aliphatic hydroxyl groups excluding tert-OH is 1. The molecule has 6 atom stereocenters. The van der Waals surface area contributed by atoms with E-state index in [0.717, 1.165) is 83.0 Å². The number of unbranched alkanes of at least 4 members (excludes halogenated alkanes) is 1. The highest BCUT2D eigenvalue weighted by Crippen LogP contribution is 2.41. The fourth-order valence-electron chi connectivity index (χ4n) is 6.11. The van der Waals surface area contributed by atoms with Gasteiger partial charge in [-0.25, -0.2) is 0 Å². The van der Waals surface area contributed by atoms with Crippen LogP contribution in [0, 0.1) is 11.8 Å². The highest BCUT2D eigenvalue weighted by atomic mass is 35.5. The maximum absolute atomic E-state index is 11.9. The van der Waals surface area contributed by atoms with Crippen LogP contribution in [-0.2, 0) is 35.0 Å². The Morgan fingerprint density at radius 2 is 1.75 bits per heavy atom. The molecule has 1 saturated carbocycles. The van der Waals surface area contributed by atoms with E-state index in [1.54, 1.807) is 0 Å². The molecule has 2 aliphatic heterocycles. The summed E-state index contributed by atoms with van der Waals surface area (Å²) in [6.07, 6.45) is 13.4. The first-order valence-electron chi connectivity index (χ1n) is 16.2. The van der Waals surface area contributed by atoms with E-state index in [9.17, 15) is 4.79 Å². The van der Waals surface area contributed by atoms with Gasteiger partial charge < -0.3 is 39.4 Å². The zero-order valence-electron chi connectivity index (χ0n) is 25.6. The summed E-state index contributed by atoms with van der Waals surface area (Å²) in [5.41, 5.74) is 1.02. The van der Waals surface area contributed by atoms with Gasteiger partial charge in [0.25, 0.3) is 5.17 Å². The van der Waals surface area contributed by atoms with Crippen LogP contribution in [0.2, 0.25) is 5.02 Å². The smallest absolute Gasteiger partial charge is 0.256 e. The second-order valence-corrected chi connectivity index (χ2v) is 12.6. The lowest BCUT2D eigenvalue weighted by atomic mass is 9.90. The molecule has 0 aromatic heterocycles. The van der Waals surface area contributed by atoms with E-state index < -0.39 is 0 Å². The van der Waals surface area contributed by atoms with Crippen molar-refractivity contribution < 1.29 is 33.6 Å². The van der Waals surface area contributed by atoms with Gasteiger partial charge in [-0.1, -0.05) is 35.9 Å².